The van der Waals surface area contributed by atoms with Gasteiger partial charge in [-0.25, -0.2) is 0 Å². The number of esters is 1. The maximum atomic E-state index is 10.3. The summed E-state index contributed by atoms with van der Waals surface area (Å²) in [5.41, 5.74) is 0. The summed E-state index contributed by atoms with van der Waals surface area (Å²) in [6.07, 6.45) is 4.29. The molecule has 4 nitrogen and oxygen atoms in total. The van der Waals surface area contributed by atoms with E-state index in [2.05, 4.69) is 4.74 Å². The molecular formula is C12H24O4. The van der Waals surface area contributed by atoms with Crippen LogP contribution in [0.15, 0.2) is 0 Å². The number of unbranched alkanes of at least 4 members (excludes halogenated alkanes) is 1. The van der Waals surface area contributed by atoms with Gasteiger partial charge in [0.25, 0.3) is 0 Å². The molecule has 0 amide bonds. The standard InChI is InChI=1S/2C6H12O2/c1-3-4-5-6(7)8-2;1-3-4-5(2)6(7)8/h3-5H2,1-2H3;5H,3-4H2,1-2H3,(H,7,8). The number of methoxy groups -OCH3 is 1. The number of carboxylic acids is 1. The Morgan fingerprint density at radius 2 is 1.81 bits per heavy atom. The van der Waals surface area contributed by atoms with E-state index < -0.39 is 5.97 Å². The second kappa shape index (κ2) is 12.0. The summed E-state index contributed by atoms with van der Waals surface area (Å²) in [6.45, 7) is 5.76. The molecule has 0 aromatic carbocycles. The van der Waals surface area contributed by atoms with Gasteiger partial charge in [0.15, 0.2) is 0 Å². The molecule has 96 valence electrons. The summed E-state index contributed by atoms with van der Waals surface area (Å²) in [5, 5.41) is 8.31. The molecule has 0 aliphatic rings. The zero-order valence-electron chi connectivity index (χ0n) is 10.8. The molecule has 0 saturated heterocycles. The van der Waals surface area contributed by atoms with E-state index in [1.807, 2.05) is 13.8 Å². The number of carbonyl (C=O) groups excluding carboxylic acids is 1. The van der Waals surface area contributed by atoms with Crippen LogP contribution in [0.3, 0.4) is 0 Å². The summed E-state index contributed by atoms with van der Waals surface area (Å²) in [6, 6.07) is 0. The Morgan fingerprint density at radius 3 is 2.06 bits per heavy atom. The molecule has 0 saturated carbocycles. The summed E-state index contributed by atoms with van der Waals surface area (Å²) < 4.78 is 4.41. The molecule has 0 fully saturated rings. The van der Waals surface area contributed by atoms with E-state index in [1.165, 1.54) is 7.11 Å². The van der Waals surface area contributed by atoms with Gasteiger partial charge in [-0.1, -0.05) is 33.6 Å². The lowest BCUT2D eigenvalue weighted by molar-refractivity contribution is -0.142. The maximum absolute atomic E-state index is 10.3. The third-order valence-corrected chi connectivity index (χ3v) is 2.11. The van der Waals surface area contributed by atoms with Crippen LogP contribution in [-0.2, 0) is 14.3 Å². The maximum Gasteiger partial charge on any atom is 0.306 e. The minimum Gasteiger partial charge on any atom is -0.481 e. The van der Waals surface area contributed by atoms with Crippen LogP contribution >= 0.6 is 0 Å². The lowest BCUT2D eigenvalue weighted by atomic mass is 10.1. The minimum absolute atomic E-state index is 0.105. The highest BCUT2D eigenvalue weighted by molar-refractivity contribution is 5.69. The van der Waals surface area contributed by atoms with Crippen molar-refractivity contribution in [3.8, 4) is 0 Å². The fourth-order valence-corrected chi connectivity index (χ4v) is 0.980. The average molecular weight is 232 g/mol. The zero-order chi connectivity index (χ0) is 13.0. The fourth-order valence-electron chi connectivity index (χ4n) is 0.980. The quantitative estimate of drug-likeness (QED) is 0.715. The Kier molecular flexibility index (Phi) is 13.0. The molecule has 0 aromatic rings. The first-order valence-electron chi connectivity index (χ1n) is 5.79. The van der Waals surface area contributed by atoms with E-state index in [4.69, 9.17) is 5.11 Å². The molecule has 16 heavy (non-hydrogen) atoms. The van der Waals surface area contributed by atoms with Crippen LogP contribution < -0.4 is 0 Å². The number of ether oxygens (including phenoxy) is 1. The Morgan fingerprint density at radius 1 is 1.25 bits per heavy atom. The normalized spacial score (nSPS) is 11.0. The van der Waals surface area contributed by atoms with Crippen molar-refractivity contribution in [2.45, 2.75) is 52.9 Å². The van der Waals surface area contributed by atoms with E-state index in [0.717, 1.165) is 25.7 Å². The topological polar surface area (TPSA) is 63.6 Å². The van der Waals surface area contributed by atoms with Crippen molar-refractivity contribution in [1.82, 2.24) is 0 Å². The predicted molar refractivity (Wildman–Crippen MR) is 63.2 cm³/mol. The van der Waals surface area contributed by atoms with Crippen LogP contribution in [0.25, 0.3) is 0 Å². The molecule has 0 heterocycles. The van der Waals surface area contributed by atoms with Gasteiger partial charge < -0.3 is 9.84 Å². The number of hydrogen-bond acceptors (Lipinski definition) is 3. The van der Waals surface area contributed by atoms with Crippen LogP contribution in [0.1, 0.15) is 52.9 Å². The Bertz CT molecular complexity index is 187. The SMILES string of the molecule is CCCC(C)C(=O)O.CCCCC(=O)OC. The average Bonchev–Trinajstić information content (AvgIpc) is 2.27. The highest BCUT2D eigenvalue weighted by atomic mass is 16.5. The molecular weight excluding hydrogens is 208 g/mol. The zero-order valence-corrected chi connectivity index (χ0v) is 10.8. The Hall–Kier alpha value is -1.06. The third kappa shape index (κ3) is 12.9. The van der Waals surface area contributed by atoms with E-state index in [1.54, 1.807) is 6.92 Å². The van der Waals surface area contributed by atoms with Crippen molar-refractivity contribution >= 4 is 11.9 Å². The number of carboxylic acid groups (broad SMARTS) is 1. The highest BCUT2D eigenvalue weighted by Crippen LogP contribution is 2.03. The first-order chi connectivity index (χ1) is 7.49. The third-order valence-electron chi connectivity index (χ3n) is 2.11. The van der Waals surface area contributed by atoms with Crippen molar-refractivity contribution in [3.63, 3.8) is 0 Å². The van der Waals surface area contributed by atoms with Gasteiger partial charge in [0.1, 0.15) is 0 Å². The van der Waals surface area contributed by atoms with Gasteiger partial charge in [-0.15, -0.1) is 0 Å². The molecule has 0 aromatic heterocycles. The molecule has 0 spiro atoms. The second-order valence-electron chi connectivity index (χ2n) is 3.71. The fraction of sp³-hybridized carbons (Fsp3) is 0.833. The first-order valence-corrected chi connectivity index (χ1v) is 5.79. The van der Waals surface area contributed by atoms with E-state index in [0.29, 0.717) is 6.42 Å². The molecule has 1 atom stereocenters. The minimum atomic E-state index is -0.688. The van der Waals surface area contributed by atoms with Crippen molar-refractivity contribution in [2.24, 2.45) is 5.92 Å². The second-order valence-corrected chi connectivity index (χ2v) is 3.71. The van der Waals surface area contributed by atoms with Crippen molar-refractivity contribution in [1.29, 1.82) is 0 Å². The van der Waals surface area contributed by atoms with Gasteiger partial charge in [0, 0.05) is 6.42 Å². The monoisotopic (exact) mass is 232 g/mol. The van der Waals surface area contributed by atoms with Gasteiger partial charge >= 0.3 is 11.9 Å². The summed E-state index contributed by atoms with van der Waals surface area (Å²) >= 11 is 0. The van der Waals surface area contributed by atoms with Gasteiger partial charge in [-0.05, 0) is 12.8 Å². The van der Waals surface area contributed by atoms with Gasteiger partial charge in [0.05, 0.1) is 13.0 Å². The first kappa shape index (κ1) is 17.3. The lowest BCUT2D eigenvalue weighted by Crippen LogP contribution is -2.08. The molecule has 1 N–H and O–H groups in total. The van der Waals surface area contributed by atoms with Crippen LogP contribution in [0.4, 0.5) is 0 Å². The number of rotatable bonds is 6. The van der Waals surface area contributed by atoms with Crippen molar-refractivity contribution in [2.75, 3.05) is 7.11 Å². The number of aliphatic carboxylic acids is 1. The van der Waals surface area contributed by atoms with Crippen molar-refractivity contribution < 1.29 is 19.4 Å². The van der Waals surface area contributed by atoms with Crippen LogP contribution in [-0.4, -0.2) is 24.2 Å². The van der Waals surface area contributed by atoms with Gasteiger partial charge in [0.2, 0.25) is 0 Å². The highest BCUT2D eigenvalue weighted by Gasteiger charge is 2.07. The lowest BCUT2D eigenvalue weighted by Gasteiger charge is -2.00. The van der Waals surface area contributed by atoms with Gasteiger partial charge in [-0.2, -0.15) is 0 Å². The van der Waals surface area contributed by atoms with E-state index in [9.17, 15) is 9.59 Å². The number of hydrogen-bond donors (Lipinski definition) is 1. The van der Waals surface area contributed by atoms with E-state index >= 15 is 0 Å². The molecule has 0 aliphatic heterocycles. The number of carbonyl (C=O) groups is 2. The summed E-state index contributed by atoms with van der Waals surface area (Å²) in [7, 11) is 1.41. The molecule has 4 heteroatoms. The van der Waals surface area contributed by atoms with Crippen LogP contribution in [0.5, 0.6) is 0 Å². The smallest absolute Gasteiger partial charge is 0.306 e. The Balaban J connectivity index is 0. The molecule has 0 radical (unpaired) electrons. The summed E-state index contributed by atoms with van der Waals surface area (Å²) in [4.78, 5) is 20.4. The molecule has 0 rings (SSSR count). The van der Waals surface area contributed by atoms with Crippen molar-refractivity contribution in [3.05, 3.63) is 0 Å². The predicted octanol–water partition coefficient (Wildman–Crippen LogP) is 2.86. The van der Waals surface area contributed by atoms with Gasteiger partial charge in [-0.3, -0.25) is 9.59 Å². The molecule has 1 unspecified atom stereocenters. The van der Waals surface area contributed by atoms with Crippen LogP contribution in [0.2, 0.25) is 0 Å². The van der Waals surface area contributed by atoms with E-state index in [-0.39, 0.29) is 11.9 Å². The Labute approximate surface area is 98.0 Å². The largest absolute Gasteiger partial charge is 0.481 e. The van der Waals surface area contributed by atoms with Crippen LogP contribution in [0, 0.1) is 5.92 Å². The molecule has 0 aliphatic carbocycles. The summed E-state index contributed by atoms with van der Waals surface area (Å²) in [5.74, 6) is -0.960. The molecule has 0 bridgehead atoms.